The lowest BCUT2D eigenvalue weighted by Crippen LogP contribution is -2.21. The largest absolute Gasteiger partial charge is 0.473 e. The number of rotatable bonds is 2. The maximum absolute atomic E-state index is 11.5. The third-order valence-corrected chi connectivity index (χ3v) is 3.95. The molecule has 1 aliphatic rings. The summed E-state index contributed by atoms with van der Waals surface area (Å²) in [7, 11) is 0. The van der Waals surface area contributed by atoms with Gasteiger partial charge in [0.25, 0.3) is 0 Å². The minimum Gasteiger partial charge on any atom is -0.473 e. The molecule has 0 saturated heterocycles. The molecule has 1 unspecified atom stereocenters. The van der Waals surface area contributed by atoms with Gasteiger partial charge in [-0.3, -0.25) is 0 Å². The van der Waals surface area contributed by atoms with Gasteiger partial charge in [-0.25, -0.2) is 9.59 Å². The fourth-order valence-electron chi connectivity index (χ4n) is 2.82. The Balaban J connectivity index is 2.05. The molecule has 0 aromatic heterocycles. The topological polar surface area (TPSA) is 72.8 Å². The van der Waals surface area contributed by atoms with Gasteiger partial charge in [-0.05, 0) is 30.2 Å². The highest BCUT2D eigenvalue weighted by Crippen LogP contribution is 2.45. The van der Waals surface area contributed by atoms with Gasteiger partial charge in [-0.2, -0.15) is 0 Å². The van der Waals surface area contributed by atoms with Crippen molar-refractivity contribution in [2.45, 2.75) is 19.8 Å². The van der Waals surface area contributed by atoms with Gasteiger partial charge in [-0.15, -0.1) is 0 Å². The number of esters is 1. The standard InChI is InChI=1S/C19H16O5/c1-11-8-15-17(16(9-11)24-19(22)18(20)21)12(2)14(10-23-15)13-6-4-3-5-7-13/h3-10,12H,1-2H3,(H,20,21). The summed E-state index contributed by atoms with van der Waals surface area (Å²) in [4.78, 5) is 22.3. The quantitative estimate of drug-likeness (QED) is 0.520. The number of benzene rings is 2. The monoisotopic (exact) mass is 324 g/mol. The van der Waals surface area contributed by atoms with E-state index in [1.807, 2.05) is 50.2 Å². The van der Waals surface area contributed by atoms with Gasteiger partial charge in [0, 0.05) is 17.1 Å². The number of hydrogen-bond donors (Lipinski definition) is 1. The van der Waals surface area contributed by atoms with E-state index >= 15 is 0 Å². The minimum absolute atomic E-state index is 0.117. The van der Waals surface area contributed by atoms with Crippen LogP contribution in [0.25, 0.3) is 5.57 Å². The molecular formula is C19H16O5. The Hall–Kier alpha value is -3.08. The molecule has 5 nitrogen and oxygen atoms in total. The molecule has 0 bridgehead atoms. The Labute approximate surface area is 139 Å². The lowest BCUT2D eigenvalue weighted by atomic mass is 9.86. The van der Waals surface area contributed by atoms with Crippen molar-refractivity contribution in [2.75, 3.05) is 0 Å². The minimum atomic E-state index is -1.63. The fraction of sp³-hybridized carbons (Fsp3) is 0.158. The van der Waals surface area contributed by atoms with E-state index in [0.717, 1.165) is 16.7 Å². The predicted molar refractivity (Wildman–Crippen MR) is 87.9 cm³/mol. The zero-order chi connectivity index (χ0) is 17.3. The van der Waals surface area contributed by atoms with Crippen molar-refractivity contribution in [2.24, 2.45) is 0 Å². The smallest absolute Gasteiger partial charge is 0.422 e. The van der Waals surface area contributed by atoms with Crippen molar-refractivity contribution in [1.82, 2.24) is 0 Å². The second-order valence-corrected chi connectivity index (χ2v) is 5.65. The van der Waals surface area contributed by atoms with Crippen molar-refractivity contribution in [3.63, 3.8) is 0 Å². The predicted octanol–water partition coefficient (Wildman–Crippen LogP) is 3.52. The van der Waals surface area contributed by atoms with Crippen LogP contribution in [0.5, 0.6) is 11.5 Å². The number of ether oxygens (including phenoxy) is 2. The molecule has 0 fully saturated rings. The summed E-state index contributed by atoms with van der Waals surface area (Å²) in [6.45, 7) is 3.79. The highest BCUT2D eigenvalue weighted by atomic mass is 16.6. The first-order valence-corrected chi connectivity index (χ1v) is 7.49. The number of fused-ring (bicyclic) bond motifs is 1. The fourth-order valence-corrected chi connectivity index (χ4v) is 2.82. The summed E-state index contributed by atoms with van der Waals surface area (Å²) in [5, 5.41) is 8.80. The highest BCUT2D eigenvalue weighted by molar-refractivity contribution is 6.29. The van der Waals surface area contributed by atoms with Crippen LogP contribution in [0.1, 0.15) is 29.5 Å². The SMILES string of the molecule is Cc1cc2c(c(OC(=O)C(=O)O)c1)C(C)C(c1ccccc1)=CO2. The van der Waals surface area contributed by atoms with E-state index in [1.54, 1.807) is 12.3 Å². The summed E-state index contributed by atoms with van der Waals surface area (Å²) in [6.07, 6.45) is 1.69. The molecule has 0 spiro atoms. The number of allylic oxidation sites excluding steroid dienone is 1. The number of carboxylic acid groups (broad SMARTS) is 1. The van der Waals surface area contributed by atoms with Gasteiger partial charge < -0.3 is 14.6 Å². The Morgan fingerprint density at radius 2 is 1.88 bits per heavy atom. The molecule has 1 heterocycles. The third-order valence-electron chi connectivity index (χ3n) is 3.95. The van der Waals surface area contributed by atoms with Crippen molar-refractivity contribution in [3.05, 3.63) is 65.4 Å². The first kappa shape index (κ1) is 15.8. The Bertz CT molecular complexity index is 836. The second-order valence-electron chi connectivity index (χ2n) is 5.65. The molecule has 2 aromatic rings. The van der Waals surface area contributed by atoms with Crippen molar-refractivity contribution >= 4 is 17.5 Å². The maximum Gasteiger partial charge on any atom is 0.422 e. The zero-order valence-electron chi connectivity index (χ0n) is 13.3. The van der Waals surface area contributed by atoms with Crippen LogP contribution in [0, 0.1) is 6.92 Å². The molecule has 122 valence electrons. The van der Waals surface area contributed by atoms with Crippen LogP contribution in [0.4, 0.5) is 0 Å². The number of carboxylic acids is 1. The lowest BCUT2D eigenvalue weighted by Gasteiger charge is -2.26. The van der Waals surface area contributed by atoms with Crippen LogP contribution >= 0.6 is 0 Å². The van der Waals surface area contributed by atoms with E-state index in [1.165, 1.54) is 0 Å². The van der Waals surface area contributed by atoms with Gasteiger partial charge >= 0.3 is 11.9 Å². The Kier molecular flexibility index (Phi) is 4.08. The molecule has 0 aliphatic carbocycles. The van der Waals surface area contributed by atoms with E-state index in [-0.39, 0.29) is 11.7 Å². The Morgan fingerprint density at radius 1 is 1.17 bits per heavy atom. The van der Waals surface area contributed by atoms with Gasteiger partial charge in [0.15, 0.2) is 0 Å². The summed E-state index contributed by atoms with van der Waals surface area (Å²) < 4.78 is 10.8. The van der Waals surface area contributed by atoms with E-state index in [0.29, 0.717) is 11.3 Å². The van der Waals surface area contributed by atoms with Gasteiger partial charge in [-0.1, -0.05) is 37.3 Å². The number of aryl methyl sites for hydroxylation is 1. The van der Waals surface area contributed by atoms with E-state index < -0.39 is 11.9 Å². The zero-order valence-corrected chi connectivity index (χ0v) is 13.3. The van der Waals surface area contributed by atoms with E-state index in [4.69, 9.17) is 14.6 Å². The second kappa shape index (κ2) is 6.20. The molecule has 2 aromatic carbocycles. The van der Waals surface area contributed by atoms with Crippen molar-refractivity contribution in [1.29, 1.82) is 0 Å². The average molecular weight is 324 g/mol. The average Bonchev–Trinajstić information content (AvgIpc) is 2.55. The van der Waals surface area contributed by atoms with Crippen LogP contribution in [0.3, 0.4) is 0 Å². The maximum atomic E-state index is 11.5. The van der Waals surface area contributed by atoms with Crippen LogP contribution in [-0.4, -0.2) is 17.0 Å². The first-order chi connectivity index (χ1) is 11.5. The van der Waals surface area contributed by atoms with Crippen LogP contribution < -0.4 is 9.47 Å². The molecule has 3 rings (SSSR count). The molecule has 0 saturated carbocycles. The molecule has 1 aliphatic heterocycles. The van der Waals surface area contributed by atoms with Crippen LogP contribution in [0.15, 0.2) is 48.7 Å². The van der Waals surface area contributed by atoms with Crippen LogP contribution in [0.2, 0.25) is 0 Å². The first-order valence-electron chi connectivity index (χ1n) is 7.49. The van der Waals surface area contributed by atoms with Crippen molar-refractivity contribution < 1.29 is 24.2 Å². The molecule has 0 radical (unpaired) electrons. The molecule has 24 heavy (non-hydrogen) atoms. The van der Waals surface area contributed by atoms with Gasteiger partial charge in [0.1, 0.15) is 11.5 Å². The van der Waals surface area contributed by atoms with Crippen molar-refractivity contribution in [3.8, 4) is 11.5 Å². The number of carbonyl (C=O) groups excluding carboxylic acids is 1. The third kappa shape index (κ3) is 2.88. The number of hydrogen-bond acceptors (Lipinski definition) is 4. The number of carbonyl (C=O) groups is 2. The molecular weight excluding hydrogens is 308 g/mol. The van der Waals surface area contributed by atoms with Gasteiger partial charge in [0.2, 0.25) is 0 Å². The lowest BCUT2D eigenvalue weighted by molar-refractivity contribution is -0.158. The summed E-state index contributed by atoms with van der Waals surface area (Å²) in [5.74, 6) is -2.28. The summed E-state index contributed by atoms with van der Waals surface area (Å²) >= 11 is 0. The molecule has 1 N–H and O–H groups in total. The van der Waals surface area contributed by atoms with E-state index in [9.17, 15) is 9.59 Å². The van der Waals surface area contributed by atoms with Gasteiger partial charge in [0.05, 0.1) is 6.26 Å². The highest BCUT2D eigenvalue weighted by Gasteiger charge is 2.28. The molecule has 0 amide bonds. The number of aliphatic carboxylic acids is 1. The van der Waals surface area contributed by atoms with E-state index in [2.05, 4.69) is 0 Å². The molecule has 5 heteroatoms. The van der Waals surface area contributed by atoms with Crippen LogP contribution in [-0.2, 0) is 9.59 Å². The molecule has 1 atom stereocenters. The Morgan fingerprint density at radius 3 is 2.54 bits per heavy atom. The normalized spacial score (nSPS) is 15.8. The summed E-state index contributed by atoms with van der Waals surface area (Å²) in [6, 6.07) is 13.2. The summed E-state index contributed by atoms with van der Waals surface area (Å²) in [5.41, 5.74) is 3.40.